The number of piperidine rings is 1. The molecular formula is C27H34N6OS. The highest BCUT2D eigenvalue weighted by Gasteiger charge is 2.21. The molecule has 0 unspecified atom stereocenters. The number of fused-ring (bicyclic) bond motifs is 1. The second kappa shape index (κ2) is 10.7. The fourth-order valence-corrected chi connectivity index (χ4v) is 5.67. The van der Waals surface area contributed by atoms with E-state index < -0.39 is 0 Å². The first-order valence-electron chi connectivity index (χ1n) is 12.5. The van der Waals surface area contributed by atoms with Crippen LogP contribution < -0.4 is 10.1 Å². The number of benzene rings is 1. The van der Waals surface area contributed by atoms with Crippen LogP contribution in [-0.2, 0) is 13.1 Å². The lowest BCUT2D eigenvalue weighted by Crippen LogP contribution is -2.38. The number of anilines is 1. The molecule has 0 radical (unpaired) electrons. The first kappa shape index (κ1) is 23.8. The van der Waals surface area contributed by atoms with Crippen LogP contribution in [0.2, 0.25) is 0 Å². The zero-order valence-corrected chi connectivity index (χ0v) is 21.6. The third-order valence-corrected chi connectivity index (χ3v) is 7.54. The molecule has 0 atom stereocenters. The van der Waals surface area contributed by atoms with Crippen molar-refractivity contribution < 1.29 is 4.74 Å². The van der Waals surface area contributed by atoms with Crippen molar-refractivity contribution in [1.29, 1.82) is 0 Å². The molecule has 8 heteroatoms. The van der Waals surface area contributed by atoms with Gasteiger partial charge < -0.3 is 14.6 Å². The number of imidazole rings is 1. The molecule has 184 valence electrons. The van der Waals surface area contributed by atoms with Crippen LogP contribution in [0.3, 0.4) is 0 Å². The number of ether oxygens (including phenoxy) is 1. The molecule has 3 aromatic heterocycles. The van der Waals surface area contributed by atoms with Gasteiger partial charge in [-0.25, -0.2) is 15.0 Å². The molecule has 1 saturated heterocycles. The summed E-state index contributed by atoms with van der Waals surface area (Å²) in [6.07, 6.45) is 7.05. The zero-order chi connectivity index (χ0) is 24.2. The van der Waals surface area contributed by atoms with Crippen LogP contribution in [0.1, 0.15) is 41.4 Å². The number of thiophene rings is 1. The van der Waals surface area contributed by atoms with E-state index in [2.05, 4.69) is 62.0 Å². The molecule has 0 bridgehead atoms. The summed E-state index contributed by atoms with van der Waals surface area (Å²) in [4.78, 5) is 18.5. The number of aryl methyl sites for hydroxylation is 4. The molecule has 1 aromatic carbocycles. The molecule has 1 aliphatic rings. The summed E-state index contributed by atoms with van der Waals surface area (Å²) in [7, 11) is 0. The summed E-state index contributed by atoms with van der Waals surface area (Å²) in [6, 6.07) is 11.2. The molecular weight excluding hydrogens is 456 g/mol. The number of hydrogen-bond acceptors (Lipinski definition) is 7. The fourth-order valence-electron chi connectivity index (χ4n) is 4.74. The second-order valence-electron chi connectivity index (χ2n) is 9.41. The van der Waals surface area contributed by atoms with Gasteiger partial charge in [-0.05, 0) is 63.8 Å². The Morgan fingerprint density at radius 1 is 1.11 bits per heavy atom. The standard InChI is InChI=1S/C27H34N6OS/c1-19-16-25-26(29-20(2)30-27(25)35-19)31-23-8-12-32(13-9-23)18-22-6-4-7-24(17-22)34-15-5-11-33-14-10-28-21(33)3/h4,6-7,10,14,16-17,23H,5,8-9,11-13,15,18H2,1-3H3,(H,29,30,31). The summed E-state index contributed by atoms with van der Waals surface area (Å²) in [5.74, 6) is 3.82. The molecule has 5 rings (SSSR count). The van der Waals surface area contributed by atoms with Crippen LogP contribution in [0.5, 0.6) is 5.75 Å². The van der Waals surface area contributed by atoms with Crippen molar-refractivity contribution >= 4 is 27.4 Å². The average molecular weight is 491 g/mol. The molecule has 7 nitrogen and oxygen atoms in total. The first-order chi connectivity index (χ1) is 17.0. The second-order valence-corrected chi connectivity index (χ2v) is 10.6. The van der Waals surface area contributed by atoms with E-state index in [0.29, 0.717) is 12.6 Å². The summed E-state index contributed by atoms with van der Waals surface area (Å²) >= 11 is 1.74. The van der Waals surface area contributed by atoms with Crippen molar-refractivity contribution in [3.8, 4) is 5.75 Å². The fraction of sp³-hybridized carbons (Fsp3) is 0.444. The Morgan fingerprint density at radius 3 is 2.77 bits per heavy atom. The SMILES string of the molecule is Cc1nc(NC2CCN(Cc3cccc(OCCCn4ccnc4C)c3)CC2)c2cc(C)sc2n1. The molecule has 0 spiro atoms. The predicted molar refractivity (Wildman–Crippen MR) is 142 cm³/mol. The Labute approximate surface area is 211 Å². The van der Waals surface area contributed by atoms with E-state index in [1.54, 1.807) is 11.3 Å². The minimum absolute atomic E-state index is 0.442. The Kier molecular flexibility index (Phi) is 7.29. The Morgan fingerprint density at radius 2 is 1.97 bits per heavy atom. The minimum atomic E-state index is 0.442. The lowest BCUT2D eigenvalue weighted by atomic mass is 10.0. The van der Waals surface area contributed by atoms with Gasteiger partial charge in [0.2, 0.25) is 0 Å². The molecule has 35 heavy (non-hydrogen) atoms. The lowest BCUT2D eigenvalue weighted by Gasteiger charge is -2.32. The van der Waals surface area contributed by atoms with Crippen molar-refractivity contribution in [3.63, 3.8) is 0 Å². The highest BCUT2D eigenvalue weighted by atomic mass is 32.1. The van der Waals surface area contributed by atoms with Gasteiger partial charge in [-0.2, -0.15) is 0 Å². The number of nitrogens with zero attached hydrogens (tertiary/aromatic N) is 5. The summed E-state index contributed by atoms with van der Waals surface area (Å²) in [5, 5.41) is 4.87. The van der Waals surface area contributed by atoms with E-state index in [-0.39, 0.29) is 0 Å². The molecule has 1 N–H and O–H groups in total. The van der Waals surface area contributed by atoms with Gasteiger partial charge in [0.25, 0.3) is 0 Å². The maximum absolute atomic E-state index is 6.03. The lowest BCUT2D eigenvalue weighted by molar-refractivity contribution is 0.211. The van der Waals surface area contributed by atoms with Crippen LogP contribution in [0, 0.1) is 20.8 Å². The van der Waals surface area contributed by atoms with E-state index >= 15 is 0 Å². The Balaban J connectivity index is 1.10. The van der Waals surface area contributed by atoms with E-state index in [9.17, 15) is 0 Å². The van der Waals surface area contributed by atoms with Crippen LogP contribution >= 0.6 is 11.3 Å². The van der Waals surface area contributed by atoms with E-state index in [4.69, 9.17) is 9.72 Å². The molecule has 1 aliphatic heterocycles. The Bertz CT molecular complexity index is 1270. The van der Waals surface area contributed by atoms with E-state index in [1.807, 2.05) is 26.2 Å². The van der Waals surface area contributed by atoms with Crippen molar-refractivity contribution in [2.75, 3.05) is 25.0 Å². The van der Waals surface area contributed by atoms with E-state index in [0.717, 1.165) is 78.9 Å². The van der Waals surface area contributed by atoms with Gasteiger partial charge in [0, 0.05) is 49.5 Å². The zero-order valence-electron chi connectivity index (χ0n) is 20.8. The van der Waals surface area contributed by atoms with Crippen LogP contribution in [-0.4, -0.2) is 50.2 Å². The summed E-state index contributed by atoms with van der Waals surface area (Å²) in [5.41, 5.74) is 1.31. The van der Waals surface area contributed by atoms with Gasteiger partial charge in [0.1, 0.15) is 28.0 Å². The van der Waals surface area contributed by atoms with Gasteiger partial charge in [-0.15, -0.1) is 11.3 Å². The minimum Gasteiger partial charge on any atom is -0.494 e. The molecule has 4 aromatic rings. The summed E-state index contributed by atoms with van der Waals surface area (Å²) in [6.45, 7) is 10.9. The van der Waals surface area contributed by atoms with E-state index in [1.165, 1.54) is 10.4 Å². The third kappa shape index (κ3) is 6.00. The molecule has 1 fully saturated rings. The van der Waals surface area contributed by atoms with Gasteiger partial charge in [-0.3, -0.25) is 4.90 Å². The normalized spacial score (nSPS) is 15.1. The molecule has 0 amide bonds. The maximum Gasteiger partial charge on any atom is 0.138 e. The van der Waals surface area contributed by atoms with Crippen LogP contribution in [0.15, 0.2) is 42.7 Å². The molecule has 0 aliphatic carbocycles. The molecule has 4 heterocycles. The quantitative estimate of drug-likeness (QED) is 0.319. The van der Waals surface area contributed by atoms with Crippen molar-refractivity contribution in [3.05, 3.63) is 64.8 Å². The van der Waals surface area contributed by atoms with Gasteiger partial charge in [-0.1, -0.05) is 12.1 Å². The number of rotatable bonds is 9. The smallest absolute Gasteiger partial charge is 0.138 e. The first-order valence-corrected chi connectivity index (χ1v) is 13.3. The highest BCUT2D eigenvalue weighted by molar-refractivity contribution is 7.18. The number of hydrogen-bond donors (Lipinski definition) is 1. The summed E-state index contributed by atoms with van der Waals surface area (Å²) < 4.78 is 8.19. The van der Waals surface area contributed by atoms with Crippen LogP contribution in [0.25, 0.3) is 10.2 Å². The topological polar surface area (TPSA) is 68.1 Å². The monoisotopic (exact) mass is 490 g/mol. The number of nitrogens with one attached hydrogen (secondary N) is 1. The van der Waals surface area contributed by atoms with Crippen molar-refractivity contribution in [2.45, 2.75) is 59.2 Å². The highest BCUT2D eigenvalue weighted by Crippen LogP contribution is 2.30. The van der Waals surface area contributed by atoms with Gasteiger partial charge in [0.15, 0.2) is 0 Å². The van der Waals surface area contributed by atoms with Gasteiger partial charge >= 0.3 is 0 Å². The van der Waals surface area contributed by atoms with Gasteiger partial charge in [0.05, 0.1) is 12.0 Å². The largest absolute Gasteiger partial charge is 0.494 e. The van der Waals surface area contributed by atoms with Crippen molar-refractivity contribution in [2.24, 2.45) is 0 Å². The number of aromatic nitrogens is 4. The number of likely N-dealkylation sites (tertiary alicyclic amines) is 1. The average Bonchev–Trinajstić information content (AvgIpc) is 3.42. The van der Waals surface area contributed by atoms with Crippen LogP contribution in [0.4, 0.5) is 5.82 Å². The third-order valence-electron chi connectivity index (χ3n) is 6.60. The molecule has 0 saturated carbocycles. The maximum atomic E-state index is 6.03. The van der Waals surface area contributed by atoms with Crippen molar-refractivity contribution in [1.82, 2.24) is 24.4 Å². The predicted octanol–water partition coefficient (Wildman–Crippen LogP) is 5.36. The Hall–Kier alpha value is -2.97.